The minimum absolute atomic E-state index is 0.492. The monoisotopic (exact) mass is 330 g/mol. The van der Waals surface area contributed by atoms with Crippen molar-refractivity contribution in [2.75, 3.05) is 4.90 Å². The van der Waals surface area contributed by atoms with Crippen molar-refractivity contribution in [3.05, 3.63) is 58.1 Å². The van der Waals surface area contributed by atoms with Gasteiger partial charge in [0.1, 0.15) is 0 Å². The summed E-state index contributed by atoms with van der Waals surface area (Å²) < 4.78 is 0.923. The molecule has 0 aliphatic rings. The topological polar surface area (TPSA) is 64.3 Å². The summed E-state index contributed by atoms with van der Waals surface area (Å²) in [4.78, 5) is 12.7. The van der Waals surface area contributed by atoms with Crippen LogP contribution in [0.25, 0.3) is 0 Å². The molecule has 2 aromatic rings. The van der Waals surface area contributed by atoms with Gasteiger partial charge in [-0.1, -0.05) is 15.9 Å². The van der Waals surface area contributed by atoms with Gasteiger partial charge in [-0.25, -0.2) is 9.69 Å². The van der Waals surface area contributed by atoms with Crippen LogP contribution >= 0.6 is 15.9 Å². The molecule has 100 valence electrons. The third kappa shape index (κ3) is 2.81. The van der Waals surface area contributed by atoms with Gasteiger partial charge in [0.25, 0.3) is 0 Å². The molecule has 5 heteroatoms. The Labute approximate surface area is 125 Å². The molecule has 0 fully saturated rings. The molecule has 2 rings (SSSR count). The molecule has 0 aliphatic carbocycles. The quantitative estimate of drug-likeness (QED) is 0.884. The van der Waals surface area contributed by atoms with Crippen molar-refractivity contribution in [2.24, 2.45) is 0 Å². The van der Waals surface area contributed by atoms with E-state index in [9.17, 15) is 9.90 Å². The summed E-state index contributed by atoms with van der Waals surface area (Å²) in [6.45, 7) is 1.90. The first-order valence-electron chi connectivity index (χ1n) is 5.82. The average Bonchev–Trinajstić information content (AvgIpc) is 2.43. The Kier molecular flexibility index (Phi) is 4.06. The molecule has 0 bridgehead atoms. The van der Waals surface area contributed by atoms with Crippen LogP contribution in [0.4, 0.5) is 16.2 Å². The van der Waals surface area contributed by atoms with E-state index in [-0.39, 0.29) is 0 Å². The third-order valence-electron chi connectivity index (χ3n) is 2.85. The van der Waals surface area contributed by atoms with Gasteiger partial charge in [0.2, 0.25) is 0 Å². The zero-order chi connectivity index (χ0) is 14.7. The Hall–Kier alpha value is -2.32. The highest BCUT2D eigenvalue weighted by atomic mass is 79.9. The van der Waals surface area contributed by atoms with Gasteiger partial charge in [-0.05, 0) is 55.0 Å². The lowest BCUT2D eigenvalue weighted by molar-refractivity contribution is 0.205. The molecule has 20 heavy (non-hydrogen) atoms. The van der Waals surface area contributed by atoms with Gasteiger partial charge < -0.3 is 5.11 Å². The zero-order valence-electron chi connectivity index (χ0n) is 10.7. The van der Waals surface area contributed by atoms with Crippen LogP contribution in [-0.2, 0) is 0 Å². The first kappa shape index (κ1) is 14.1. The summed E-state index contributed by atoms with van der Waals surface area (Å²) in [5.74, 6) is 0. The molecule has 0 saturated carbocycles. The highest BCUT2D eigenvalue weighted by Gasteiger charge is 2.17. The van der Waals surface area contributed by atoms with Gasteiger partial charge in [0.05, 0.1) is 23.0 Å². The number of hydrogen-bond acceptors (Lipinski definition) is 2. The fourth-order valence-corrected chi connectivity index (χ4v) is 2.07. The van der Waals surface area contributed by atoms with Crippen LogP contribution in [0, 0.1) is 18.3 Å². The molecule has 0 spiro atoms. The summed E-state index contributed by atoms with van der Waals surface area (Å²) in [6.07, 6.45) is -1.07. The van der Waals surface area contributed by atoms with E-state index in [0.717, 1.165) is 10.0 Å². The maximum absolute atomic E-state index is 11.5. The number of rotatable bonds is 2. The Bertz CT molecular complexity index is 690. The van der Waals surface area contributed by atoms with E-state index in [1.807, 2.05) is 19.1 Å². The number of halogens is 1. The second-order valence-electron chi connectivity index (χ2n) is 4.21. The van der Waals surface area contributed by atoms with Crippen LogP contribution in [0.3, 0.4) is 0 Å². The SMILES string of the molecule is Cc1cc(N(C(=O)O)c2ccc(C#N)cc2)ccc1Br. The van der Waals surface area contributed by atoms with Crippen LogP contribution in [0.15, 0.2) is 46.9 Å². The van der Waals surface area contributed by atoms with Gasteiger partial charge in [0, 0.05) is 4.47 Å². The number of amides is 1. The van der Waals surface area contributed by atoms with E-state index >= 15 is 0 Å². The molecular weight excluding hydrogens is 320 g/mol. The van der Waals surface area contributed by atoms with Gasteiger partial charge in [0.15, 0.2) is 0 Å². The Morgan fingerprint density at radius 3 is 2.30 bits per heavy atom. The third-order valence-corrected chi connectivity index (χ3v) is 3.74. The largest absolute Gasteiger partial charge is 0.464 e. The van der Waals surface area contributed by atoms with E-state index in [1.54, 1.807) is 36.4 Å². The van der Waals surface area contributed by atoms with Crippen molar-refractivity contribution in [1.29, 1.82) is 5.26 Å². The van der Waals surface area contributed by atoms with E-state index < -0.39 is 6.09 Å². The van der Waals surface area contributed by atoms with E-state index in [4.69, 9.17) is 5.26 Å². The minimum Gasteiger partial charge on any atom is -0.464 e. The molecule has 2 aromatic carbocycles. The van der Waals surface area contributed by atoms with Crippen molar-refractivity contribution in [2.45, 2.75) is 6.92 Å². The molecule has 0 aliphatic heterocycles. The molecule has 0 radical (unpaired) electrons. The predicted octanol–water partition coefficient (Wildman–Crippen LogP) is 4.45. The Morgan fingerprint density at radius 2 is 1.80 bits per heavy atom. The number of nitrogens with zero attached hydrogens (tertiary/aromatic N) is 2. The van der Waals surface area contributed by atoms with E-state index in [1.165, 1.54) is 4.90 Å². The molecule has 4 nitrogen and oxygen atoms in total. The first-order valence-corrected chi connectivity index (χ1v) is 6.61. The number of carboxylic acid groups (broad SMARTS) is 1. The second-order valence-corrected chi connectivity index (χ2v) is 5.06. The number of aryl methyl sites for hydroxylation is 1. The van der Waals surface area contributed by atoms with E-state index in [0.29, 0.717) is 16.9 Å². The summed E-state index contributed by atoms with van der Waals surface area (Å²) in [5.41, 5.74) is 2.50. The van der Waals surface area contributed by atoms with Gasteiger partial charge >= 0.3 is 6.09 Å². The number of benzene rings is 2. The molecule has 1 N–H and O–H groups in total. The molecule has 0 heterocycles. The number of hydrogen-bond donors (Lipinski definition) is 1. The Balaban J connectivity index is 2.47. The highest BCUT2D eigenvalue weighted by molar-refractivity contribution is 9.10. The van der Waals surface area contributed by atoms with Gasteiger partial charge in [-0.15, -0.1) is 0 Å². The minimum atomic E-state index is -1.07. The summed E-state index contributed by atoms with van der Waals surface area (Å²) in [7, 11) is 0. The standard InChI is InChI=1S/C15H11BrN2O2/c1-10-8-13(6-7-14(10)16)18(15(19)20)12-4-2-11(9-17)3-5-12/h2-8H,1H3,(H,19,20). The van der Waals surface area contributed by atoms with Gasteiger partial charge in [-0.3, -0.25) is 0 Å². The molecule has 0 saturated heterocycles. The number of carbonyl (C=O) groups is 1. The van der Waals surface area contributed by atoms with Crippen molar-refractivity contribution >= 4 is 33.4 Å². The second kappa shape index (κ2) is 5.76. The fraction of sp³-hybridized carbons (Fsp3) is 0.0667. The van der Waals surface area contributed by atoms with Crippen LogP contribution < -0.4 is 4.90 Å². The summed E-state index contributed by atoms with van der Waals surface area (Å²) >= 11 is 3.39. The molecule has 0 unspecified atom stereocenters. The number of anilines is 2. The lowest BCUT2D eigenvalue weighted by Gasteiger charge is -2.20. The van der Waals surface area contributed by atoms with Crippen molar-refractivity contribution < 1.29 is 9.90 Å². The van der Waals surface area contributed by atoms with Crippen molar-refractivity contribution in [1.82, 2.24) is 0 Å². The van der Waals surface area contributed by atoms with Crippen molar-refractivity contribution in [3.8, 4) is 6.07 Å². The van der Waals surface area contributed by atoms with Crippen LogP contribution in [0.2, 0.25) is 0 Å². The predicted molar refractivity (Wildman–Crippen MR) is 80.2 cm³/mol. The highest BCUT2D eigenvalue weighted by Crippen LogP contribution is 2.29. The maximum Gasteiger partial charge on any atom is 0.416 e. The van der Waals surface area contributed by atoms with Gasteiger partial charge in [-0.2, -0.15) is 5.26 Å². The van der Waals surface area contributed by atoms with Crippen LogP contribution in [-0.4, -0.2) is 11.2 Å². The smallest absolute Gasteiger partial charge is 0.416 e. The summed E-state index contributed by atoms with van der Waals surface area (Å²) in [6, 6.07) is 13.7. The number of nitriles is 1. The van der Waals surface area contributed by atoms with Crippen LogP contribution in [0.1, 0.15) is 11.1 Å². The molecule has 1 amide bonds. The van der Waals surface area contributed by atoms with E-state index in [2.05, 4.69) is 15.9 Å². The van der Waals surface area contributed by atoms with Crippen molar-refractivity contribution in [3.63, 3.8) is 0 Å². The van der Waals surface area contributed by atoms with Crippen LogP contribution in [0.5, 0.6) is 0 Å². The average molecular weight is 331 g/mol. The summed E-state index contributed by atoms with van der Waals surface area (Å²) in [5, 5.41) is 18.2. The lowest BCUT2D eigenvalue weighted by atomic mass is 10.1. The maximum atomic E-state index is 11.5. The fourth-order valence-electron chi connectivity index (χ4n) is 1.82. The zero-order valence-corrected chi connectivity index (χ0v) is 12.3. The normalized spacial score (nSPS) is 9.85. The molecular formula is C15H11BrN2O2. The first-order chi connectivity index (χ1) is 9.52. The molecule has 0 aromatic heterocycles. The molecule has 0 atom stereocenters. The lowest BCUT2D eigenvalue weighted by Crippen LogP contribution is -2.23. The Morgan fingerprint density at radius 1 is 1.20 bits per heavy atom.